The number of aryl methyl sites for hydroxylation is 1. The van der Waals surface area contributed by atoms with Gasteiger partial charge in [0.05, 0.1) is 17.7 Å². The van der Waals surface area contributed by atoms with E-state index in [4.69, 9.17) is 21.2 Å². The number of primary amides is 1. The van der Waals surface area contributed by atoms with Crippen molar-refractivity contribution in [3.63, 3.8) is 0 Å². The van der Waals surface area contributed by atoms with Gasteiger partial charge in [0, 0.05) is 37.8 Å². The molecule has 1 amide bonds. The molecule has 0 bridgehead atoms. The number of rotatable bonds is 6. The van der Waals surface area contributed by atoms with E-state index >= 15 is 0 Å². The number of anilines is 1. The van der Waals surface area contributed by atoms with Crippen LogP contribution in [0.3, 0.4) is 0 Å². The number of nitrogens with one attached hydrogen (secondary N) is 1. The lowest BCUT2D eigenvalue weighted by molar-refractivity contribution is -0.119. The molecule has 1 atom stereocenters. The van der Waals surface area contributed by atoms with Crippen LogP contribution in [0.15, 0.2) is 23.3 Å². The summed E-state index contributed by atoms with van der Waals surface area (Å²) in [5, 5.41) is 3.28. The van der Waals surface area contributed by atoms with Crippen molar-refractivity contribution in [2.45, 2.75) is 31.8 Å². The molecule has 1 fully saturated rings. The Kier molecular flexibility index (Phi) is 4.47. The van der Waals surface area contributed by atoms with E-state index in [9.17, 15) is 4.79 Å². The Labute approximate surface area is 157 Å². The number of hydrogen-bond acceptors (Lipinski definition) is 6. The van der Waals surface area contributed by atoms with Crippen LogP contribution in [0.4, 0.5) is 5.69 Å². The Hall–Kier alpha value is -3.03. The summed E-state index contributed by atoms with van der Waals surface area (Å²) in [6.45, 7) is 1.40. The minimum atomic E-state index is -0.367. The Balaban J connectivity index is 1.81. The quantitative estimate of drug-likeness (QED) is 0.667. The number of carbonyl (C=O) groups excluding carboxylic acids is 1. The summed E-state index contributed by atoms with van der Waals surface area (Å²) in [4.78, 5) is 20.7. The monoisotopic (exact) mass is 368 g/mol. The number of aliphatic imine (C=N–C) groups is 1. The van der Waals surface area contributed by atoms with Crippen LogP contribution in [0.5, 0.6) is 5.75 Å². The van der Waals surface area contributed by atoms with Gasteiger partial charge in [0.2, 0.25) is 5.91 Å². The first-order valence-electron chi connectivity index (χ1n) is 9.19. The number of hydrogen-bond donors (Lipinski definition) is 3. The highest BCUT2D eigenvalue weighted by atomic mass is 16.5. The summed E-state index contributed by atoms with van der Waals surface area (Å²) in [6, 6.07) is 3.49. The van der Waals surface area contributed by atoms with Gasteiger partial charge in [0.15, 0.2) is 0 Å². The highest BCUT2D eigenvalue weighted by molar-refractivity contribution is 6.09. The summed E-state index contributed by atoms with van der Waals surface area (Å²) in [6.07, 6.45) is 6.12. The predicted molar refractivity (Wildman–Crippen MR) is 106 cm³/mol. The first-order valence-corrected chi connectivity index (χ1v) is 9.19. The Morgan fingerprint density at radius 2 is 2.30 bits per heavy atom. The van der Waals surface area contributed by atoms with Crippen LogP contribution in [0.25, 0.3) is 16.6 Å². The molecular formula is C19H24N6O2. The van der Waals surface area contributed by atoms with E-state index in [-0.39, 0.29) is 11.9 Å². The van der Waals surface area contributed by atoms with Gasteiger partial charge in [0.25, 0.3) is 0 Å². The van der Waals surface area contributed by atoms with Gasteiger partial charge < -0.3 is 26.1 Å². The summed E-state index contributed by atoms with van der Waals surface area (Å²) < 4.78 is 8.08. The number of ether oxygens (including phenoxy) is 1. The van der Waals surface area contributed by atoms with Gasteiger partial charge in [0.1, 0.15) is 23.1 Å². The number of aromatic nitrogens is 2. The second-order valence-corrected chi connectivity index (χ2v) is 7.00. The van der Waals surface area contributed by atoms with Gasteiger partial charge in [-0.3, -0.25) is 9.79 Å². The molecule has 8 heteroatoms. The lowest BCUT2D eigenvalue weighted by Crippen LogP contribution is -2.37. The number of benzene rings is 1. The lowest BCUT2D eigenvalue weighted by atomic mass is 10.1. The second kappa shape index (κ2) is 6.94. The number of carbonyl (C=O) groups is 1. The largest absolute Gasteiger partial charge is 0.491 e. The number of nitrogens with two attached hydrogens (primary N) is 2. The standard InChI is InChI=1S/C19H24N6O2/c1-22-10-12(9-20)19-24-14-7-13(23-16(18(21)26)11-3-4-11)8-15-17(14)25(19)5-2-6-27-15/h7-11,16,23H,2-6,20H2,1H3,(H2,21,26). The minimum absolute atomic E-state index is 0.305. The Bertz CT molecular complexity index is 941. The lowest BCUT2D eigenvalue weighted by Gasteiger charge is -2.17. The Morgan fingerprint density at radius 3 is 2.96 bits per heavy atom. The fourth-order valence-electron chi connectivity index (χ4n) is 3.61. The molecule has 1 saturated carbocycles. The van der Waals surface area contributed by atoms with Crippen molar-refractivity contribution in [1.82, 2.24) is 9.55 Å². The summed E-state index contributed by atoms with van der Waals surface area (Å²) in [7, 11) is 1.70. The second-order valence-electron chi connectivity index (χ2n) is 7.00. The zero-order valence-corrected chi connectivity index (χ0v) is 15.3. The van der Waals surface area contributed by atoms with Gasteiger partial charge in [-0.2, -0.15) is 0 Å². The molecular weight excluding hydrogens is 344 g/mol. The van der Waals surface area contributed by atoms with Crippen molar-refractivity contribution in [2.75, 3.05) is 19.0 Å². The molecule has 5 N–H and O–H groups in total. The average molecular weight is 368 g/mol. The number of amides is 1. The zero-order valence-electron chi connectivity index (χ0n) is 15.3. The zero-order chi connectivity index (χ0) is 19.0. The molecule has 8 nitrogen and oxygen atoms in total. The SMILES string of the molecule is CN=CC(=CN)c1nc2cc(NC(C(N)=O)C3CC3)cc3c2n1CCCO3. The molecule has 0 saturated heterocycles. The molecule has 1 aromatic heterocycles. The van der Waals surface area contributed by atoms with E-state index < -0.39 is 0 Å². The summed E-state index contributed by atoms with van der Waals surface area (Å²) in [5.41, 5.74) is 14.6. The molecule has 1 unspecified atom stereocenters. The molecule has 4 rings (SSSR count). The van der Waals surface area contributed by atoms with Crippen LogP contribution >= 0.6 is 0 Å². The molecule has 142 valence electrons. The van der Waals surface area contributed by atoms with E-state index in [0.717, 1.165) is 59.7 Å². The van der Waals surface area contributed by atoms with Crippen molar-refractivity contribution in [1.29, 1.82) is 0 Å². The third-order valence-electron chi connectivity index (χ3n) is 5.02. The molecule has 2 heterocycles. The minimum Gasteiger partial charge on any atom is -0.491 e. The molecule has 0 radical (unpaired) electrons. The molecule has 27 heavy (non-hydrogen) atoms. The van der Waals surface area contributed by atoms with Gasteiger partial charge in [-0.1, -0.05) is 0 Å². The third kappa shape index (κ3) is 3.22. The normalized spacial score (nSPS) is 18.3. The fourth-order valence-corrected chi connectivity index (χ4v) is 3.61. The first-order chi connectivity index (χ1) is 13.1. The van der Waals surface area contributed by atoms with Crippen LogP contribution in [0.2, 0.25) is 0 Å². The van der Waals surface area contributed by atoms with Crippen LogP contribution in [-0.2, 0) is 11.3 Å². The van der Waals surface area contributed by atoms with E-state index in [1.165, 1.54) is 6.20 Å². The van der Waals surface area contributed by atoms with Crippen molar-refractivity contribution in [2.24, 2.45) is 22.4 Å². The third-order valence-corrected chi connectivity index (χ3v) is 5.02. The average Bonchev–Trinajstić information content (AvgIpc) is 3.44. The maximum absolute atomic E-state index is 11.8. The topological polar surface area (TPSA) is 121 Å². The van der Waals surface area contributed by atoms with E-state index in [0.29, 0.717) is 12.5 Å². The molecule has 2 aromatic rings. The van der Waals surface area contributed by atoms with Crippen LogP contribution in [0, 0.1) is 5.92 Å². The van der Waals surface area contributed by atoms with Crippen molar-refractivity contribution < 1.29 is 9.53 Å². The van der Waals surface area contributed by atoms with Crippen LogP contribution in [0.1, 0.15) is 25.1 Å². The number of nitrogens with zero attached hydrogens (tertiary/aromatic N) is 3. The molecule has 1 aromatic carbocycles. The first kappa shape index (κ1) is 17.4. The van der Waals surface area contributed by atoms with E-state index in [1.807, 2.05) is 12.1 Å². The van der Waals surface area contributed by atoms with E-state index in [2.05, 4.69) is 14.9 Å². The number of allylic oxidation sites excluding steroid dienone is 1. The van der Waals surface area contributed by atoms with Gasteiger partial charge >= 0.3 is 0 Å². The predicted octanol–water partition coefficient (Wildman–Crippen LogP) is 1.49. The van der Waals surface area contributed by atoms with Gasteiger partial charge in [-0.25, -0.2) is 4.98 Å². The molecule has 2 aliphatic rings. The van der Waals surface area contributed by atoms with Crippen molar-refractivity contribution in [3.05, 3.63) is 24.2 Å². The highest BCUT2D eigenvalue weighted by Gasteiger charge is 2.35. The van der Waals surface area contributed by atoms with Gasteiger partial charge in [-0.15, -0.1) is 0 Å². The molecule has 1 aliphatic heterocycles. The smallest absolute Gasteiger partial charge is 0.240 e. The van der Waals surface area contributed by atoms with Crippen LogP contribution < -0.4 is 21.5 Å². The van der Waals surface area contributed by atoms with Gasteiger partial charge in [-0.05, 0) is 31.2 Å². The van der Waals surface area contributed by atoms with Crippen molar-refractivity contribution >= 4 is 34.4 Å². The molecule has 0 spiro atoms. The molecule has 1 aliphatic carbocycles. The van der Waals surface area contributed by atoms with E-state index in [1.54, 1.807) is 13.3 Å². The maximum Gasteiger partial charge on any atom is 0.240 e. The van der Waals surface area contributed by atoms with Crippen LogP contribution in [-0.4, -0.2) is 41.4 Å². The highest BCUT2D eigenvalue weighted by Crippen LogP contribution is 2.37. The van der Waals surface area contributed by atoms with Crippen molar-refractivity contribution in [3.8, 4) is 5.75 Å². The Morgan fingerprint density at radius 1 is 1.48 bits per heavy atom. The number of imidazole rings is 1. The fraction of sp³-hybridized carbons (Fsp3) is 0.421. The maximum atomic E-state index is 11.8. The summed E-state index contributed by atoms with van der Waals surface area (Å²) >= 11 is 0. The summed E-state index contributed by atoms with van der Waals surface area (Å²) in [5.74, 6) is 1.48.